The van der Waals surface area contributed by atoms with Crippen LogP contribution in [0.5, 0.6) is 5.75 Å². The zero-order valence-corrected chi connectivity index (χ0v) is 11.3. The average Bonchev–Trinajstić information content (AvgIpc) is 2.87. The molecule has 0 fully saturated rings. The van der Waals surface area contributed by atoms with Gasteiger partial charge in [0.05, 0.1) is 12.8 Å². The molecule has 1 aromatic heterocycles. The third kappa shape index (κ3) is 3.45. The van der Waals surface area contributed by atoms with Crippen molar-refractivity contribution >= 4 is 0 Å². The van der Waals surface area contributed by atoms with Gasteiger partial charge in [-0.25, -0.2) is 4.98 Å². The maximum absolute atomic E-state index is 5.50. The molecule has 2 aromatic rings. The Balaban J connectivity index is 2.09. The van der Waals surface area contributed by atoms with Crippen molar-refractivity contribution in [3.05, 3.63) is 48.9 Å². The third-order valence-corrected chi connectivity index (χ3v) is 2.76. The minimum atomic E-state index is 0.629. The van der Waals surface area contributed by atoms with Crippen molar-refractivity contribution in [2.45, 2.75) is 6.54 Å². The second-order valence-electron chi connectivity index (χ2n) is 4.36. The Labute approximate surface area is 113 Å². The molecular formula is C15H18N2O2. The summed E-state index contributed by atoms with van der Waals surface area (Å²) in [5.74, 6) is 1.45. The van der Waals surface area contributed by atoms with E-state index in [9.17, 15) is 0 Å². The molecule has 0 unspecified atom stereocenters. The lowest BCUT2D eigenvalue weighted by molar-refractivity contribution is 0.358. The predicted octanol–water partition coefficient (Wildman–Crippen LogP) is 2.97. The molecule has 1 aromatic carbocycles. The second kappa shape index (κ2) is 6.20. The normalized spacial score (nSPS) is 10.7. The van der Waals surface area contributed by atoms with E-state index in [0.717, 1.165) is 30.1 Å². The van der Waals surface area contributed by atoms with Crippen LogP contribution in [0.2, 0.25) is 0 Å². The summed E-state index contributed by atoms with van der Waals surface area (Å²) in [5, 5.41) is 0. The van der Waals surface area contributed by atoms with Gasteiger partial charge >= 0.3 is 0 Å². The summed E-state index contributed by atoms with van der Waals surface area (Å²) in [4.78, 5) is 6.59. The highest BCUT2D eigenvalue weighted by molar-refractivity contribution is 5.54. The van der Waals surface area contributed by atoms with Crippen molar-refractivity contribution < 1.29 is 9.15 Å². The van der Waals surface area contributed by atoms with E-state index in [4.69, 9.17) is 9.15 Å². The molecule has 0 aliphatic heterocycles. The van der Waals surface area contributed by atoms with E-state index < -0.39 is 0 Å². The van der Waals surface area contributed by atoms with E-state index >= 15 is 0 Å². The molecule has 0 radical (unpaired) electrons. The largest absolute Gasteiger partial charge is 0.497 e. The van der Waals surface area contributed by atoms with Gasteiger partial charge < -0.3 is 9.15 Å². The van der Waals surface area contributed by atoms with Crippen LogP contribution < -0.4 is 4.74 Å². The third-order valence-electron chi connectivity index (χ3n) is 2.76. The van der Waals surface area contributed by atoms with E-state index in [2.05, 4.69) is 16.5 Å². The van der Waals surface area contributed by atoms with E-state index in [0.29, 0.717) is 5.89 Å². The van der Waals surface area contributed by atoms with Crippen LogP contribution in [0.1, 0.15) is 5.69 Å². The van der Waals surface area contributed by atoms with Crippen LogP contribution in [-0.4, -0.2) is 30.6 Å². The Bertz CT molecular complexity index is 531. The smallest absolute Gasteiger partial charge is 0.226 e. The van der Waals surface area contributed by atoms with Crippen LogP contribution in [0, 0.1) is 0 Å². The first-order chi connectivity index (χ1) is 9.22. The first-order valence-corrected chi connectivity index (χ1v) is 6.11. The molecule has 0 saturated carbocycles. The monoisotopic (exact) mass is 258 g/mol. The molecule has 4 heteroatoms. The van der Waals surface area contributed by atoms with Gasteiger partial charge in [0.25, 0.3) is 0 Å². The zero-order valence-electron chi connectivity index (χ0n) is 11.3. The lowest BCUT2D eigenvalue weighted by Crippen LogP contribution is -2.17. The predicted molar refractivity (Wildman–Crippen MR) is 75.0 cm³/mol. The van der Waals surface area contributed by atoms with Crippen molar-refractivity contribution in [1.29, 1.82) is 0 Å². The fourth-order valence-corrected chi connectivity index (χ4v) is 1.81. The van der Waals surface area contributed by atoms with Crippen molar-refractivity contribution in [3.8, 4) is 17.2 Å². The molecule has 0 amide bonds. The van der Waals surface area contributed by atoms with Gasteiger partial charge in [0.2, 0.25) is 5.89 Å². The van der Waals surface area contributed by atoms with Gasteiger partial charge in [-0.2, -0.15) is 0 Å². The van der Waals surface area contributed by atoms with E-state index in [-0.39, 0.29) is 0 Å². The number of benzene rings is 1. The summed E-state index contributed by atoms with van der Waals surface area (Å²) in [6, 6.07) is 7.65. The van der Waals surface area contributed by atoms with Gasteiger partial charge in [0, 0.05) is 18.7 Å². The Kier molecular flexibility index (Phi) is 4.36. The number of rotatable bonds is 6. The van der Waals surface area contributed by atoms with Crippen molar-refractivity contribution in [2.75, 3.05) is 20.7 Å². The van der Waals surface area contributed by atoms with Gasteiger partial charge in [-0.1, -0.05) is 6.08 Å². The maximum Gasteiger partial charge on any atom is 0.226 e. The topological polar surface area (TPSA) is 38.5 Å². The highest BCUT2D eigenvalue weighted by Gasteiger charge is 2.08. The second-order valence-corrected chi connectivity index (χ2v) is 4.36. The molecule has 0 spiro atoms. The Morgan fingerprint density at radius 2 is 2.11 bits per heavy atom. The standard InChI is InChI=1S/C15H18N2O2/c1-4-9-17(2)10-13-11-19-15(16-13)12-5-7-14(18-3)8-6-12/h4-8,11H,1,9-10H2,2-3H3. The minimum Gasteiger partial charge on any atom is -0.497 e. The lowest BCUT2D eigenvalue weighted by atomic mass is 10.2. The van der Waals surface area contributed by atoms with Gasteiger partial charge in [-0.15, -0.1) is 6.58 Å². The molecule has 0 aliphatic carbocycles. The number of methoxy groups -OCH3 is 1. The van der Waals surface area contributed by atoms with E-state index in [1.165, 1.54) is 0 Å². The lowest BCUT2D eigenvalue weighted by Gasteiger charge is -2.10. The molecule has 0 saturated heterocycles. The van der Waals surface area contributed by atoms with Gasteiger partial charge in [-0.3, -0.25) is 4.90 Å². The van der Waals surface area contributed by atoms with Gasteiger partial charge in [-0.05, 0) is 31.3 Å². The first kappa shape index (κ1) is 13.4. The van der Waals surface area contributed by atoms with Gasteiger partial charge in [0.1, 0.15) is 12.0 Å². The number of aromatic nitrogens is 1. The summed E-state index contributed by atoms with van der Waals surface area (Å²) >= 11 is 0. The van der Waals surface area contributed by atoms with E-state index in [1.807, 2.05) is 37.4 Å². The molecule has 0 atom stereocenters. The molecule has 2 rings (SSSR count). The molecule has 1 heterocycles. The molecule has 0 aliphatic rings. The fraction of sp³-hybridized carbons (Fsp3) is 0.267. The van der Waals surface area contributed by atoms with Crippen LogP contribution in [0.4, 0.5) is 0 Å². The fourth-order valence-electron chi connectivity index (χ4n) is 1.81. The number of oxazole rings is 1. The molecule has 0 bridgehead atoms. The number of hydrogen-bond donors (Lipinski definition) is 0. The number of nitrogens with zero attached hydrogens (tertiary/aromatic N) is 2. The average molecular weight is 258 g/mol. The molecule has 0 N–H and O–H groups in total. The highest BCUT2D eigenvalue weighted by atomic mass is 16.5. The molecule has 100 valence electrons. The Morgan fingerprint density at radius 3 is 2.74 bits per heavy atom. The maximum atomic E-state index is 5.50. The summed E-state index contributed by atoms with van der Waals surface area (Å²) in [7, 11) is 3.66. The number of ether oxygens (including phenoxy) is 1. The van der Waals surface area contributed by atoms with Crippen LogP contribution in [0.15, 0.2) is 47.6 Å². The SMILES string of the molecule is C=CCN(C)Cc1coc(-c2ccc(OC)cc2)n1. The first-order valence-electron chi connectivity index (χ1n) is 6.11. The summed E-state index contributed by atoms with van der Waals surface area (Å²) in [6.45, 7) is 5.28. The number of likely N-dealkylation sites (N-methyl/N-ethyl adjacent to an activating group) is 1. The van der Waals surface area contributed by atoms with Crippen molar-refractivity contribution in [1.82, 2.24) is 9.88 Å². The van der Waals surface area contributed by atoms with Crippen molar-refractivity contribution in [3.63, 3.8) is 0 Å². The molecule has 19 heavy (non-hydrogen) atoms. The van der Waals surface area contributed by atoms with Crippen LogP contribution in [0.25, 0.3) is 11.5 Å². The minimum absolute atomic E-state index is 0.629. The highest BCUT2D eigenvalue weighted by Crippen LogP contribution is 2.22. The number of hydrogen-bond acceptors (Lipinski definition) is 4. The quantitative estimate of drug-likeness (QED) is 0.747. The van der Waals surface area contributed by atoms with Crippen molar-refractivity contribution in [2.24, 2.45) is 0 Å². The Hall–Kier alpha value is -2.07. The molecule has 4 nitrogen and oxygen atoms in total. The van der Waals surface area contributed by atoms with Crippen LogP contribution >= 0.6 is 0 Å². The van der Waals surface area contributed by atoms with Gasteiger partial charge in [0.15, 0.2) is 0 Å². The summed E-state index contributed by atoms with van der Waals surface area (Å²) < 4.78 is 10.6. The molecular weight excluding hydrogens is 240 g/mol. The van der Waals surface area contributed by atoms with Crippen LogP contribution in [-0.2, 0) is 6.54 Å². The van der Waals surface area contributed by atoms with Crippen LogP contribution in [0.3, 0.4) is 0 Å². The summed E-state index contributed by atoms with van der Waals surface area (Å²) in [6.07, 6.45) is 3.56. The van der Waals surface area contributed by atoms with E-state index in [1.54, 1.807) is 13.4 Å². The Morgan fingerprint density at radius 1 is 1.37 bits per heavy atom. The zero-order chi connectivity index (χ0) is 13.7. The summed E-state index contributed by atoms with van der Waals surface area (Å²) in [5.41, 5.74) is 1.86.